The van der Waals surface area contributed by atoms with E-state index in [2.05, 4.69) is 32.4 Å². The summed E-state index contributed by atoms with van der Waals surface area (Å²) in [5.41, 5.74) is 5.85. The molecule has 0 spiro atoms. The first-order valence-electron chi connectivity index (χ1n) is 14.3. The SMILES string of the molecule is CC#Cc1cccc2c1C1CC(c3nc4ccc(-c5cnc(C6CN(C(=O)OC(C)(C)C)C6)nc5)cc4n31)N(C)C2=O. The van der Waals surface area contributed by atoms with Crippen LogP contribution in [0.1, 0.15) is 85.3 Å². The average molecular weight is 561 g/mol. The summed E-state index contributed by atoms with van der Waals surface area (Å²) in [6.45, 7) is 8.51. The normalized spacial score (nSPS) is 19.5. The minimum absolute atomic E-state index is 0.00849. The molecule has 2 unspecified atom stereocenters. The number of fused-ring (bicyclic) bond motifs is 9. The maximum Gasteiger partial charge on any atom is 0.410 e. The van der Waals surface area contributed by atoms with E-state index in [0.717, 1.165) is 51.4 Å². The largest absolute Gasteiger partial charge is 0.444 e. The minimum atomic E-state index is -0.516. The molecular weight excluding hydrogens is 528 g/mol. The molecule has 212 valence electrons. The van der Waals surface area contributed by atoms with Crippen LogP contribution in [0.4, 0.5) is 4.79 Å². The number of rotatable bonds is 2. The molecule has 9 nitrogen and oxygen atoms in total. The van der Waals surface area contributed by atoms with Crippen LogP contribution in [0.3, 0.4) is 0 Å². The van der Waals surface area contributed by atoms with Gasteiger partial charge in [0.2, 0.25) is 0 Å². The van der Waals surface area contributed by atoms with E-state index in [1.807, 2.05) is 82.4 Å². The van der Waals surface area contributed by atoms with Gasteiger partial charge in [-0.15, -0.1) is 5.92 Å². The highest BCUT2D eigenvalue weighted by Crippen LogP contribution is 2.48. The van der Waals surface area contributed by atoms with Gasteiger partial charge in [0.1, 0.15) is 17.2 Å². The van der Waals surface area contributed by atoms with E-state index in [4.69, 9.17) is 9.72 Å². The highest BCUT2D eigenvalue weighted by atomic mass is 16.6. The zero-order valence-corrected chi connectivity index (χ0v) is 24.4. The minimum Gasteiger partial charge on any atom is -0.444 e. The molecule has 9 heteroatoms. The molecule has 0 aliphatic carbocycles. The first-order chi connectivity index (χ1) is 20.1. The zero-order chi connectivity index (χ0) is 29.3. The number of aromatic nitrogens is 4. The molecule has 2 bridgehead atoms. The third-order valence-electron chi connectivity index (χ3n) is 8.39. The molecule has 3 aliphatic rings. The third kappa shape index (κ3) is 4.13. The van der Waals surface area contributed by atoms with Gasteiger partial charge in [0.25, 0.3) is 5.91 Å². The van der Waals surface area contributed by atoms with Gasteiger partial charge in [0.15, 0.2) is 0 Å². The van der Waals surface area contributed by atoms with Crippen molar-refractivity contribution in [3.63, 3.8) is 0 Å². The highest BCUT2D eigenvalue weighted by Gasteiger charge is 2.44. The van der Waals surface area contributed by atoms with Crippen molar-refractivity contribution in [3.05, 3.63) is 77.1 Å². The summed E-state index contributed by atoms with van der Waals surface area (Å²) >= 11 is 0. The molecule has 42 heavy (non-hydrogen) atoms. The number of carbonyl (C=O) groups excluding carboxylic acids is 2. The van der Waals surface area contributed by atoms with Gasteiger partial charge in [-0.25, -0.2) is 19.7 Å². The van der Waals surface area contributed by atoms with E-state index in [-0.39, 0.29) is 30.0 Å². The molecular formula is C33H32N6O3. The van der Waals surface area contributed by atoms with Crippen LogP contribution in [0.5, 0.6) is 0 Å². The molecule has 0 radical (unpaired) electrons. The highest BCUT2D eigenvalue weighted by molar-refractivity contribution is 5.98. The second kappa shape index (κ2) is 9.41. The van der Waals surface area contributed by atoms with Gasteiger partial charge in [0, 0.05) is 61.2 Å². The van der Waals surface area contributed by atoms with Crippen LogP contribution < -0.4 is 0 Å². The Bertz CT molecular complexity index is 1820. The maximum absolute atomic E-state index is 13.5. The van der Waals surface area contributed by atoms with Crippen molar-refractivity contribution in [2.45, 2.75) is 57.7 Å². The number of imidazole rings is 1. The summed E-state index contributed by atoms with van der Waals surface area (Å²) in [7, 11) is 1.87. The van der Waals surface area contributed by atoms with Gasteiger partial charge in [0.05, 0.1) is 29.0 Å². The molecule has 1 fully saturated rings. The Kier molecular flexibility index (Phi) is 5.87. The van der Waals surface area contributed by atoms with E-state index in [0.29, 0.717) is 18.7 Å². The molecule has 4 aromatic rings. The van der Waals surface area contributed by atoms with E-state index in [1.54, 1.807) is 4.90 Å². The first kappa shape index (κ1) is 26.2. The number of hydrogen-bond donors (Lipinski definition) is 0. The van der Waals surface area contributed by atoms with Crippen LogP contribution in [0.2, 0.25) is 0 Å². The van der Waals surface area contributed by atoms with Gasteiger partial charge < -0.3 is 19.1 Å². The van der Waals surface area contributed by atoms with E-state index in [9.17, 15) is 9.59 Å². The van der Waals surface area contributed by atoms with Crippen LogP contribution in [0.15, 0.2) is 48.8 Å². The lowest BCUT2D eigenvalue weighted by Crippen LogP contribution is -2.50. The number of nitrogens with zero attached hydrogens (tertiary/aromatic N) is 6. The Morgan fingerprint density at radius 2 is 1.81 bits per heavy atom. The second-order valence-electron chi connectivity index (χ2n) is 12.3. The lowest BCUT2D eigenvalue weighted by atomic mass is 9.93. The molecule has 3 aliphatic heterocycles. The number of ether oxygens (including phenoxy) is 1. The Balaban J connectivity index is 1.20. The number of benzene rings is 2. The van der Waals surface area contributed by atoms with Gasteiger partial charge >= 0.3 is 6.09 Å². The van der Waals surface area contributed by atoms with Crippen molar-refractivity contribution in [3.8, 4) is 23.0 Å². The lowest BCUT2D eigenvalue weighted by Gasteiger charge is -2.38. The molecule has 0 N–H and O–H groups in total. The van der Waals surface area contributed by atoms with Crippen LogP contribution in [-0.2, 0) is 4.74 Å². The predicted molar refractivity (Wildman–Crippen MR) is 158 cm³/mol. The Morgan fingerprint density at radius 1 is 1.05 bits per heavy atom. The third-order valence-corrected chi connectivity index (χ3v) is 8.39. The van der Waals surface area contributed by atoms with E-state index < -0.39 is 5.60 Å². The van der Waals surface area contributed by atoms with Crippen molar-refractivity contribution in [2.24, 2.45) is 0 Å². The maximum atomic E-state index is 13.5. The van der Waals surface area contributed by atoms with Crippen LogP contribution in [0, 0.1) is 11.8 Å². The Labute approximate surface area is 244 Å². The molecule has 1 saturated heterocycles. The van der Waals surface area contributed by atoms with Gasteiger partial charge in [-0.2, -0.15) is 0 Å². The quantitative estimate of drug-likeness (QED) is 0.308. The molecule has 0 saturated carbocycles. The molecule has 5 heterocycles. The summed E-state index contributed by atoms with van der Waals surface area (Å²) in [6.07, 6.45) is 4.16. The number of carbonyl (C=O) groups is 2. The van der Waals surface area contributed by atoms with Crippen molar-refractivity contribution >= 4 is 23.0 Å². The summed E-state index contributed by atoms with van der Waals surface area (Å²) in [5, 5.41) is 0. The van der Waals surface area contributed by atoms with Gasteiger partial charge in [-0.3, -0.25) is 4.79 Å². The standard InChI is InChI=1S/C33H32N6O3/c1-6-8-19-9-7-10-23-28(19)26-14-27(37(5)31(23)40)30-36-24-12-11-20(13-25(24)39(26)30)21-15-34-29(35-16-21)22-17-38(18-22)32(41)42-33(2,3)4/h7,9-13,15-16,22,26-27H,14,17-18H2,1-5H3. The van der Waals surface area contributed by atoms with Crippen molar-refractivity contribution in [1.82, 2.24) is 29.3 Å². The van der Waals surface area contributed by atoms with Gasteiger partial charge in [-0.1, -0.05) is 18.1 Å². The second-order valence-corrected chi connectivity index (χ2v) is 12.3. The lowest BCUT2D eigenvalue weighted by molar-refractivity contribution is 0.00751. The first-order valence-corrected chi connectivity index (χ1v) is 14.3. The van der Waals surface area contributed by atoms with Crippen LogP contribution >= 0.6 is 0 Å². The van der Waals surface area contributed by atoms with Crippen LogP contribution in [0.25, 0.3) is 22.2 Å². The fraction of sp³-hybridized carbons (Fsp3) is 0.364. The fourth-order valence-electron chi connectivity index (χ4n) is 6.36. The topological polar surface area (TPSA) is 93.5 Å². The van der Waals surface area contributed by atoms with Crippen LogP contribution in [-0.4, -0.2) is 67.1 Å². The molecule has 7 rings (SSSR count). The molecule has 2 atom stereocenters. The average Bonchev–Trinajstić information content (AvgIpc) is 3.45. The Morgan fingerprint density at radius 3 is 2.52 bits per heavy atom. The number of likely N-dealkylation sites (tertiary alicyclic amines) is 1. The number of amides is 2. The summed E-state index contributed by atoms with van der Waals surface area (Å²) in [4.78, 5) is 43.6. The van der Waals surface area contributed by atoms with Crippen molar-refractivity contribution in [1.29, 1.82) is 0 Å². The summed E-state index contributed by atoms with van der Waals surface area (Å²) in [5.74, 6) is 7.98. The molecule has 2 amide bonds. The predicted octanol–water partition coefficient (Wildman–Crippen LogP) is 5.32. The fourth-order valence-corrected chi connectivity index (χ4v) is 6.36. The summed E-state index contributed by atoms with van der Waals surface area (Å²) in [6, 6.07) is 11.9. The Hall–Kier alpha value is -4.71. The molecule has 2 aromatic carbocycles. The van der Waals surface area contributed by atoms with Crippen molar-refractivity contribution in [2.75, 3.05) is 20.1 Å². The summed E-state index contributed by atoms with van der Waals surface area (Å²) < 4.78 is 7.75. The number of hydrogen-bond acceptors (Lipinski definition) is 6. The van der Waals surface area contributed by atoms with Gasteiger partial charge in [-0.05, 0) is 57.5 Å². The smallest absolute Gasteiger partial charge is 0.410 e. The zero-order valence-electron chi connectivity index (χ0n) is 24.4. The molecule has 2 aromatic heterocycles. The monoisotopic (exact) mass is 560 g/mol. The van der Waals surface area contributed by atoms with Crippen molar-refractivity contribution < 1.29 is 14.3 Å². The van der Waals surface area contributed by atoms with E-state index in [1.165, 1.54) is 0 Å². The van der Waals surface area contributed by atoms with E-state index >= 15 is 0 Å².